The molecule has 1 N–H and O–H groups in total. The summed E-state index contributed by atoms with van der Waals surface area (Å²) in [7, 11) is 0. The van der Waals surface area contributed by atoms with Gasteiger partial charge < -0.3 is 9.84 Å². The molecule has 0 aliphatic heterocycles. The van der Waals surface area contributed by atoms with E-state index in [9.17, 15) is 9.90 Å². The lowest BCUT2D eigenvalue weighted by atomic mass is 10.1. The Morgan fingerprint density at radius 1 is 1.17 bits per heavy atom. The topological polar surface area (TPSA) is 64.4 Å². The van der Waals surface area contributed by atoms with Gasteiger partial charge in [-0.15, -0.1) is 11.3 Å². The molecule has 4 rings (SSSR count). The molecule has 4 aromatic rings. The van der Waals surface area contributed by atoms with Crippen LogP contribution in [0.3, 0.4) is 0 Å². The molecule has 1 atom stereocenters. The van der Waals surface area contributed by atoms with Crippen molar-refractivity contribution in [3.8, 4) is 16.9 Å². The van der Waals surface area contributed by atoms with Gasteiger partial charge in [0.2, 0.25) is 0 Å². The minimum Gasteiger partial charge on any atom is -0.489 e. The van der Waals surface area contributed by atoms with Gasteiger partial charge in [-0.05, 0) is 17.7 Å². The molecule has 0 amide bonds. The van der Waals surface area contributed by atoms with Gasteiger partial charge >= 0.3 is 0 Å². The molecule has 0 saturated heterocycles. The van der Waals surface area contributed by atoms with Gasteiger partial charge in [0.05, 0.1) is 23.3 Å². The Morgan fingerprint density at radius 2 is 1.97 bits per heavy atom. The summed E-state index contributed by atoms with van der Waals surface area (Å²) in [6, 6.07) is 14.5. The normalized spacial score (nSPS) is 12.2. The second-order valence-corrected chi connectivity index (χ2v) is 8.14. The summed E-state index contributed by atoms with van der Waals surface area (Å²) < 4.78 is 6.95. The third-order valence-corrected chi connectivity index (χ3v) is 5.81. The van der Waals surface area contributed by atoms with Gasteiger partial charge in [-0.2, -0.15) is 0 Å². The Labute approximate surface area is 180 Å². The van der Waals surface area contributed by atoms with Crippen molar-refractivity contribution in [2.45, 2.75) is 12.6 Å². The zero-order chi connectivity index (χ0) is 20.4. The lowest BCUT2D eigenvalue weighted by Gasteiger charge is -2.15. The fourth-order valence-electron chi connectivity index (χ4n) is 2.98. The first kappa shape index (κ1) is 19.9. The van der Waals surface area contributed by atoms with E-state index < -0.39 is 6.10 Å². The smallest absolute Gasteiger partial charge is 0.262 e. The van der Waals surface area contributed by atoms with Gasteiger partial charge in [-0.1, -0.05) is 53.5 Å². The molecule has 0 radical (unpaired) electrons. The first-order valence-corrected chi connectivity index (χ1v) is 10.4. The van der Waals surface area contributed by atoms with Gasteiger partial charge in [-0.3, -0.25) is 9.36 Å². The van der Waals surface area contributed by atoms with Crippen molar-refractivity contribution >= 4 is 44.8 Å². The highest BCUT2D eigenvalue weighted by Gasteiger charge is 2.15. The highest BCUT2D eigenvalue weighted by atomic mass is 35.5. The van der Waals surface area contributed by atoms with Crippen molar-refractivity contribution in [1.82, 2.24) is 9.55 Å². The summed E-state index contributed by atoms with van der Waals surface area (Å²) in [6.45, 7) is 0.00372. The number of ether oxygens (including phenoxy) is 1. The molecule has 148 valence electrons. The fourth-order valence-corrected chi connectivity index (χ4v) is 4.22. The maximum Gasteiger partial charge on any atom is 0.262 e. The number of aliphatic hydroxyl groups excluding tert-OH is 1. The summed E-state index contributed by atoms with van der Waals surface area (Å²) in [5, 5.41) is 13.7. The molecular weight excluding hydrogens is 431 g/mol. The number of hydrogen-bond acceptors (Lipinski definition) is 5. The summed E-state index contributed by atoms with van der Waals surface area (Å²) in [5.41, 5.74) is 1.60. The zero-order valence-electron chi connectivity index (χ0n) is 15.1. The van der Waals surface area contributed by atoms with E-state index in [0.717, 1.165) is 11.1 Å². The SMILES string of the molecule is O=c1c2c(-c3ccccc3)csc2ncn1CC(O)COc1cc(Cl)ccc1Cl. The van der Waals surface area contributed by atoms with Crippen LogP contribution >= 0.6 is 34.5 Å². The van der Waals surface area contributed by atoms with Gasteiger partial charge in [-0.25, -0.2) is 4.98 Å². The number of rotatable bonds is 6. The second-order valence-electron chi connectivity index (χ2n) is 6.44. The summed E-state index contributed by atoms with van der Waals surface area (Å²) >= 11 is 13.4. The van der Waals surface area contributed by atoms with Crippen LogP contribution in [0.5, 0.6) is 5.75 Å². The van der Waals surface area contributed by atoms with E-state index in [1.54, 1.807) is 18.2 Å². The van der Waals surface area contributed by atoms with Gasteiger partial charge in [0, 0.05) is 22.0 Å². The van der Waals surface area contributed by atoms with E-state index >= 15 is 0 Å². The predicted molar refractivity (Wildman–Crippen MR) is 117 cm³/mol. The van der Waals surface area contributed by atoms with Crippen LogP contribution in [0, 0.1) is 0 Å². The van der Waals surface area contributed by atoms with Gasteiger partial charge in [0.15, 0.2) is 0 Å². The van der Waals surface area contributed by atoms with Crippen molar-refractivity contribution in [1.29, 1.82) is 0 Å². The van der Waals surface area contributed by atoms with E-state index in [4.69, 9.17) is 27.9 Å². The highest BCUT2D eigenvalue weighted by Crippen LogP contribution is 2.30. The van der Waals surface area contributed by atoms with Crippen LogP contribution in [0.4, 0.5) is 0 Å². The lowest BCUT2D eigenvalue weighted by molar-refractivity contribution is 0.0915. The van der Waals surface area contributed by atoms with Crippen molar-refractivity contribution < 1.29 is 9.84 Å². The van der Waals surface area contributed by atoms with Crippen LogP contribution in [0.15, 0.2) is 65.0 Å². The van der Waals surface area contributed by atoms with Gasteiger partial charge in [0.1, 0.15) is 23.3 Å². The quantitative estimate of drug-likeness (QED) is 0.458. The molecule has 0 aliphatic carbocycles. The lowest BCUT2D eigenvalue weighted by Crippen LogP contribution is -2.30. The van der Waals surface area contributed by atoms with E-state index in [1.807, 2.05) is 35.7 Å². The molecule has 0 aliphatic rings. The van der Waals surface area contributed by atoms with Crippen LogP contribution in [-0.2, 0) is 6.54 Å². The standard InChI is InChI=1S/C21H16Cl2N2O3S/c22-14-6-7-17(23)18(8-14)28-10-15(26)9-25-12-24-20-19(21(25)27)16(11-29-20)13-4-2-1-3-5-13/h1-8,11-12,15,26H,9-10H2. The molecule has 2 aromatic heterocycles. The Hall–Kier alpha value is -2.38. The van der Waals surface area contributed by atoms with Crippen molar-refractivity contribution in [2.75, 3.05) is 6.61 Å². The van der Waals surface area contributed by atoms with E-state index in [0.29, 0.717) is 26.0 Å². The van der Waals surface area contributed by atoms with E-state index in [1.165, 1.54) is 22.2 Å². The van der Waals surface area contributed by atoms with E-state index in [2.05, 4.69) is 4.98 Å². The number of hydrogen-bond donors (Lipinski definition) is 1. The average Bonchev–Trinajstić information content (AvgIpc) is 3.16. The molecule has 0 fully saturated rings. The highest BCUT2D eigenvalue weighted by molar-refractivity contribution is 7.17. The molecule has 2 aromatic carbocycles. The van der Waals surface area contributed by atoms with Crippen molar-refractivity contribution in [3.05, 3.63) is 80.6 Å². The monoisotopic (exact) mass is 446 g/mol. The molecule has 2 heterocycles. The number of benzene rings is 2. The third-order valence-electron chi connectivity index (χ3n) is 4.38. The molecule has 1 unspecified atom stereocenters. The van der Waals surface area contributed by atoms with Crippen molar-refractivity contribution in [3.63, 3.8) is 0 Å². The van der Waals surface area contributed by atoms with Crippen LogP contribution in [0.25, 0.3) is 21.3 Å². The second kappa shape index (κ2) is 8.55. The average molecular weight is 447 g/mol. The Bertz CT molecular complexity index is 1210. The Balaban J connectivity index is 1.56. The molecule has 29 heavy (non-hydrogen) atoms. The molecule has 8 heteroatoms. The van der Waals surface area contributed by atoms with Crippen LogP contribution in [0.1, 0.15) is 0 Å². The molecular formula is C21H16Cl2N2O3S. The summed E-state index contributed by atoms with van der Waals surface area (Å²) in [6.07, 6.45) is 0.520. The molecule has 5 nitrogen and oxygen atoms in total. The third kappa shape index (κ3) is 4.31. The molecule has 0 spiro atoms. The van der Waals surface area contributed by atoms with Gasteiger partial charge in [0.25, 0.3) is 5.56 Å². The maximum atomic E-state index is 13.0. The number of halogens is 2. The van der Waals surface area contributed by atoms with Crippen LogP contribution < -0.4 is 10.3 Å². The number of thiophene rings is 1. The minimum atomic E-state index is -0.930. The largest absolute Gasteiger partial charge is 0.489 e. The zero-order valence-corrected chi connectivity index (χ0v) is 17.4. The molecule has 0 saturated carbocycles. The summed E-state index contributed by atoms with van der Waals surface area (Å²) in [4.78, 5) is 18.1. The molecule has 0 bridgehead atoms. The van der Waals surface area contributed by atoms with Crippen LogP contribution in [0.2, 0.25) is 10.0 Å². The number of nitrogens with zero attached hydrogens (tertiary/aromatic N) is 2. The number of fused-ring (bicyclic) bond motifs is 1. The number of aliphatic hydroxyl groups is 1. The minimum absolute atomic E-state index is 0.0419. The Morgan fingerprint density at radius 3 is 2.76 bits per heavy atom. The van der Waals surface area contributed by atoms with Crippen LogP contribution in [-0.4, -0.2) is 27.4 Å². The predicted octanol–water partition coefficient (Wildman–Crippen LogP) is 4.87. The van der Waals surface area contributed by atoms with E-state index in [-0.39, 0.29) is 18.7 Å². The maximum absolute atomic E-state index is 13.0. The summed E-state index contributed by atoms with van der Waals surface area (Å²) in [5.74, 6) is 0.378. The first-order valence-electron chi connectivity index (χ1n) is 8.81. The van der Waals surface area contributed by atoms with Crippen molar-refractivity contribution in [2.24, 2.45) is 0 Å². The first-order chi connectivity index (χ1) is 14.0. The fraction of sp³-hybridized carbons (Fsp3) is 0.143. The Kier molecular flexibility index (Phi) is 5.87. The number of aromatic nitrogens is 2.